The van der Waals surface area contributed by atoms with Gasteiger partial charge in [0, 0.05) is 35.6 Å². The number of methoxy groups -OCH3 is 1. The van der Waals surface area contributed by atoms with Gasteiger partial charge in [0.15, 0.2) is 5.16 Å². The third-order valence-electron chi connectivity index (χ3n) is 4.49. The van der Waals surface area contributed by atoms with E-state index in [1.54, 1.807) is 37.6 Å². The molecule has 2 N–H and O–H groups in total. The highest BCUT2D eigenvalue weighted by molar-refractivity contribution is 9.10. The molecule has 10 heteroatoms. The number of ether oxygens (including phenoxy) is 1. The van der Waals surface area contributed by atoms with Gasteiger partial charge in [-0.25, -0.2) is 9.97 Å². The second-order valence-corrected chi connectivity index (χ2v) is 9.07. The summed E-state index contributed by atoms with van der Waals surface area (Å²) >= 11 is 10.9. The van der Waals surface area contributed by atoms with E-state index in [1.165, 1.54) is 11.8 Å². The number of amides is 2. The van der Waals surface area contributed by atoms with E-state index in [4.69, 9.17) is 16.3 Å². The fourth-order valence-electron chi connectivity index (χ4n) is 2.77. The molecule has 0 saturated heterocycles. The predicted octanol–water partition coefficient (Wildman–Crippen LogP) is 5.34. The van der Waals surface area contributed by atoms with Crippen LogP contribution in [0.1, 0.15) is 28.9 Å². The van der Waals surface area contributed by atoms with Crippen LogP contribution in [0.4, 0.5) is 5.69 Å². The Morgan fingerprint density at radius 3 is 2.64 bits per heavy atom. The van der Waals surface area contributed by atoms with Crippen LogP contribution in [0.25, 0.3) is 0 Å². The van der Waals surface area contributed by atoms with Crippen molar-refractivity contribution >= 4 is 56.8 Å². The zero-order chi connectivity index (χ0) is 23.6. The lowest BCUT2D eigenvalue weighted by Gasteiger charge is -2.09. The molecule has 0 saturated carbocycles. The van der Waals surface area contributed by atoms with Gasteiger partial charge in [-0.15, -0.1) is 0 Å². The highest BCUT2D eigenvalue weighted by atomic mass is 79.9. The first-order chi connectivity index (χ1) is 16.0. The van der Waals surface area contributed by atoms with Crippen molar-refractivity contribution in [2.45, 2.75) is 23.8 Å². The number of rotatable bonds is 10. The summed E-state index contributed by atoms with van der Waals surface area (Å²) in [6.07, 6.45) is 2.32. The molecule has 0 aliphatic rings. The average Bonchev–Trinajstić information content (AvgIpc) is 2.82. The molecule has 7 nitrogen and oxygen atoms in total. The van der Waals surface area contributed by atoms with Crippen molar-refractivity contribution in [3.63, 3.8) is 0 Å². The van der Waals surface area contributed by atoms with Crippen molar-refractivity contribution in [3.8, 4) is 5.75 Å². The summed E-state index contributed by atoms with van der Waals surface area (Å²) in [7, 11) is 1.59. The Morgan fingerprint density at radius 1 is 1.15 bits per heavy atom. The van der Waals surface area contributed by atoms with Gasteiger partial charge >= 0.3 is 0 Å². The van der Waals surface area contributed by atoms with E-state index >= 15 is 0 Å². The van der Waals surface area contributed by atoms with Crippen LogP contribution in [-0.2, 0) is 10.5 Å². The molecule has 0 bridgehead atoms. The predicted molar refractivity (Wildman–Crippen MR) is 134 cm³/mol. The summed E-state index contributed by atoms with van der Waals surface area (Å²) in [5.41, 5.74) is 1.90. The van der Waals surface area contributed by atoms with Gasteiger partial charge in [-0.1, -0.05) is 41.6 Å². The number of aromatic nitrogens is 2. The summed E-state index contributed by atoms with van der Waals surface area (Å²) in [6, 6.07) is 14.6. The number of hydrogen-bond acceptors (Lipinski definition) is 6. The first-order valence-electron chi connectivity index (χ1n) is 10.1. The lowest BCUT2D eigenvalue weighted by atomic mass is 10.2. The molecule has 2 aromatic carbocycles. The summed E-state index contributed by atoms with van der Waals surface area (Å²) in [5, 5.41) is 6.76. The maximum absolute atomic E-state index is 12.6. The van der Waals surface area contributed by atoms with Crippen LogP contribution in [0.3, 0.4) is 0 Å². The molecular weight excluding hydrogens is 528 g/mol. The lowest BCUT2D eigenvalue weighted by molar-refractivity contribution is -0.116. The quantitative estimate of drug-likeness (QED) is 0.201. The SMILES string of the molecule is COc1ccc(NC(=O)CCCNC(=O)c2nc(SCc3ccccc3Cl)ncc2Br)cc1. The van der Waals surface area contributed by atoms with E-state index in [-0.39, 0.29) is 23.9 Å². The van der Waals surface area contributed by atoms with Crippen LogP contribution in [0.5, 0.6) is 5.75 Å². The van der Waals surface area contributed by atoms with Crippen molar-refractivity contribution in [1.82, 2.24) is 15.3 Å². The Kier molecular flexibility index (Phi) is 9.53. The number of hydrogen-bond donors (Lipinski definition) is 2. The molecule has 0 unspecified atom stereocenters. The van der Waals surface area contributed by atoms with Gasteiger partial charge in [-0.05, 0) is 58.2 Å². The first kappa shape index (κ1) is 25.0. The van der Waals surface area contributed by atoms with Crippen molar-refractivity contribution < 1.29 is 14.3 Å². The molecule has 172 valence electrons. The van der Waals surface area contributed by atoms with E-state index in [2.05, 4.69) is 36.5 Å². The zero-order valence-corrected chi connectivity index (χ0v) is 21.0. The molecule has 0 spiro atoms. The number of halogens is 2. The lowest BCUT2D eigenvalue weighted by Crippen LogP contribution is -2.27. The van der Waals surface area contributed by atoms with Gasteiger partial charge in [0.1, 0.15) is 11.4 Å². The van der Waals surface area contributed by atoms with E-state index in [1.807, 2.05) is 24.3 Å². The minimum atomic E-state index is -0.334. The number of nitrogens with zero attached hydrogens (tertiary/aromatic N) is 2. The van der Waals surface area contributed by atoms with Gasteiger partial charge in [0.25, 0.3) is 5.91 Å². The molecule has 0 aliphatic carbocycles. The molecule has 2 amide bonds. The number of nitrogens with one attached hydrogen (secondary N) is 2. The standard InChI is InChI=1S/C23H22BrClN4O3S/c1-32-17-10-8-16(9-11-17)28-20(30)7-4-12-26-22(31)21-18(24)13-27-23(29-21)33-14-15-5-2-3-6-19(15)25/h2-3,5-6,8-11,13H,4,7,12,14H2,1H3,(H,26,31)(H,28,30). The summed E-state index contributed by atoms with van der Waals surface area (Å²) < 4.78 is 5.59. The van der Waals surface area contributed by atoms with Crippen LogP contribution in [0, 0.1) is 0 Å². The molecule has 0 aliphatic heterocycles. The topological polar surface area (TPSA) is 93.2 Å². The highest BCUT2D eigenvalue weighted by Gasteiger charge is 2.14. The molecule has 0 atom stereocenters. The van der Waals surface area contributed by atoms with E-state index in [9.17, 15) is 9.59 Å². The Labute approximate surface area is 209 Å². The van der Waals surface area contributed by atoms with Crippen LogP contribution >= 0.6 is 39.3 Å². The first-order valence-corrected chi connectivity index (χ1v) is 12.2. The van der Waals surface area contributed by atoms with Gasteiger partial charge in [-0.3, -0.25) is 9.59 Å². The maximum atomic E-state index is 12.6. The smallest absolute Gasteiger partial charge is 0.271 e. The van der Waals surface area contributed by atoms with E-state index in [0.717, 1.165) is 11.3 Å². The third kappa shape index (κ3) is 7.73. The molecular formula is C23H22BrClN4O3S. The largest absolute Gasteiger partial charge is 0.497 e. The summed E-state index contributed by atoms with van der Waals surface area (Å²) in [5.74, 6) is 0.846. The average molecular weight is 550 g/mol. The minimum absolute atomic E-state index is 0.129. The van der Waals surface area contributed by atoms with Crippen molar-refractivity contribution in [2.24, 2.45) is 0 Å². The van der Waals surface area contributed by atoms with Crippen molar-refractivity contribution in [2.75, 3.05) is 19.0 Å². The molecule has 1 aromatic heterocycles. The summed E-state index contributed by atoms with van der Waals surface area (Å²) in [4.78, 5) is 33.3. The highest BCUT2D eigenvalue weighted by Crippen LogP contribution is 2.25. The third-order valence-corrected chi connectivity index (χ3v) is 6.35. The van der Waals surface area contributed by atoms with Crippen LogP contribution in [0.2, 0.25) is 5.02 Å². The van der Waals surface area contributed by atoms with Crippen LogP contribution < -0.4 is 15.4 Å². The maximum Gasteiger partial charge on any atom is 0.271 e. The van der Waals surface area contributed by atoms with Crippen molar-refractivity contribution in [1.29, 1.82) is 0 Å². The van der Waals surface area contributed by atoms with E-state index < -0.39 is 0 Å². The second kappa shape index (κ2) is 12.6. The van der Waals surface area contributed by atoms with Gasteiger partial charge < -0.3 is 15.4 Å². The minimum Gasteiger partial charge on any atom is -0.497 e. The Balaban J connectivity index is 1.46. The molecule has 3 aromatic rings. The fraction of sp³-hybridized carbons (Fsp3) is 0.217. The molecule has 0 fully saturated rings. The van der Waals surface area contributed by atoms with Gasteiger partial charge in [-0.2, -0.15) is 0 Å². The Bertz CT molecular complexity index is 1120. The number of anilines is 1. The van der Waals surface area contributed by atoms with Crippen molar-refractivity contribution in [3.05, 3.63) is 75.5 Å². The van der Waals surface area contributed by atoms with Gasteiger partial charge in [0.2, 0.25) is 5.91 Å². The zero-order valence-electron chi connectivity index (χ0n) is 17.8. The monoisotopic (exact) mass is 548 g/mol. The molecule has 0 radical (unpaired) electrons. The Morgan fingerprint density at radius 2 is 1.91 bits per heavy atom. The number of thioether (sulfide) groups is 1. The number of carbonyl (C=O) groups excluding carboxylic acids is 2. The molecule has 3 rings (SSSR count). The molecule has 33 heavy (non-hydrogen) atoms. The van der Waals surface area contributed by atoms with E-state index in [0.29, 0.717) is 39.1 Å². The molecule has 1 heterocycles. The Hall–Kier alpha value is -2.62. The van der Waals surface area contributed by atoms with Crippen LogP contribution in [-0.4, -0.2) is 35.4 Å². The van der Waals surface area contributed by atoms with Crippen LogP contribution in [0.15, 0.2) is 64.4 Å². The fourth-order valence-corrected chi connectivity index (χ4v) is 4.24. The summed E-state index contributed by atoms with van der Waals surface area (Å²) in [6.45, 7) is 0.341. The van der Waals surface area contributed by atoms with Gasteiger partial charge in [0.05, 0.1) is 11.6 Å². The number of carbonyl (C=O) groups is 2. The second-order valence-electron chi connectivity index (χ2n) is 6.87. The normalized spacial score (nSPS) is 10.5. The number of benzene rings is 2.